The van der Waals surface area contributed by atoms with Crippen LogP contribution in [0.2, 0.25) is 0 Å². The molecule has 1 aromatic carbocycles. The highest BCUT2D eigenvalue weighted by molar-refractivity contribution is 5.61. The van der Waals surface area contributed by atoms with E-state index in [4.69, 9.17) is 5.26 Å². The van der Waals surface area contributed by atoms with Crippen LogP contribution in [0.25, 0.3) is 0 Å². The third-order valence-corrected chi connectivity index (χ3v) is 2.33. The lowest BCUT2D eigenvalue weighted by Crippen LogP contribution is -2.05. The minimum Gasteiger partial charge on any atom is -0.377 e. The Hall–Kier alpha value is -3.15. The first-order valence-electron chi connectivity index (χ1n) is 5.16. The van der Waals surface area contributed by atoms with Crippen LogP contribution in [0.3, 0.4) is 0 Å². The fourth-order valence-corrected chi connectivity index (χ4v) is 1.46. The molecule has 0 bridgehead atoms. The molecule has 0 amide bonds. The van der Waals surface area contributed by atoms with Crippen LogP contribution in [-0.4, -0.2) is 20.1 Å². The summed E-state index contributed by atoms with van der Waals surface area (Å²) < 4.78 is 0. The van der Waals surface area contributed by atoms with Gasteiger partial charge in [-0.05, 0) is 6.07 Å². The van der Waals surface area contributed by atoms with E-state index in [-0.39, 0.29) is 17.8 Å². The summed E-state index contributed by atoms with van der Waals surface area (Å²) in [6.45, 7) is 0.186. The summed E-state index contributed by atoms with van der Waals surface area (Å²) in [5.41, 5.74) is -0.0136. The molecule has 0 aliphatic rings. The van der Waals surface area contributed by atoms with E-state index >= 15 is 0 Å². The van der Waals surface area contributed by atoms with Gasteiger partial charge in [0.1, 0.15) is 11.9 Å². The molecular weight excluding hydrogens is 252 g/mol. The first-order chi connectivity index (χ1) is 9.10. The average Bonchev–Trinajstić information content (AvgIpc) is 2.81. The molecule has 9 nitrogen and oxygen atoms in total. The fraction of sp³-hybridized carbons (Fsp3) is 0.100. The number of nitro benzene ring substituents is 1. The Balaban J connectivity index is 2.18. The average molecular weight is 260 g/mol. The number of aromatic amines is 2. The summed E-state index contributed by atoms with van der Waals surface area (Å²) in [7, 11) is 0. The quantitative estimate of drug-likeness (QED) is 0.539. The van der Waals surface area contributed by atoms with Gasteiger partial charge in [0.15, 0.2) is 0 Å². The van der Waals surface area contributed by atoms with E-state index in [1.54, 1.807) is 0 Å². The highest BCUT2D eigenvalue weighted by Gasteiger charge is 2.10. The SMILES string of the molecule is N#Cc1cc([N+](=O)[O-])ccc1NCc1n[nH]c(=O)[nH]1. The summed E-state index contributed by atoms with van der Waals surface area (Å²) in [6.07, 6.45) is 0. The number of nitriles is 1. The van der Waals surface area contributed by atoms with Crippen molar-refractivity contribution in [2.24, 2.45) is 0 Å². The molecule has 0 radical (unpaired) electrons. The zero-order valence-corrected chi connectivity index (χ0v) is 9.51. The molecule has 1 aromatic heterocycles. The third-order valence-electron chi connectivity index (χ3n) is 2.33. The van der Waals surface area contributed by atoms with Gasteiger partial charge in [-0.15, -0.1) is 0 Å². The lowest BCUT2D eigenvalue weighted by Gasteiger charge is -2.05. The Morgan fingerprint density at radius 3 is 2.89 bits per heavy atom. The van der Waals surface area contributed by atoms with Crippen molar-refractivity contribution < 1.29 is 4.92 Å². The van der Waals surface area contributed by atoms with Crippen LogP contribution < -0.4 is 11.0 Å². The summed E-state index contributed by atoms with van der Waals surface area (Å²) in [5.74, 6) is 0.368. The highest BCUT2D eigenvalue weighted by Crippen LogP contribution is 2.21. The van der Waals surface area contributed by atoms with E-state index in [1.807, 2.05) is 6.07 Å². The van der Waals surface area contributed by atoms with Crippen molar-refractivity contribution in [3.05, 3.63) is 50.2 Å². The number of anilines is 1. The van der Waals surface area contributed by atoms with Gasteiger partial charge in [-0.2, -0.15) is 10.4 Å². The van der Waals surface area contributed by atoms with Gasteiger partial charge in [0.25, 0.3) is 5.69 Å². The Morgan fingerprint density at radius 2 is 2.32 bits per heavy atom. The molecule has 0 aliphatic carbocycles. The number of rotatable bonds is 4. The van der Waals surface area contributed by atoms with Crippen molar-refractivity contribution in [3.63, 3.8) is 0 Å². The number of hydrogen-bond donors (Lipinski definition) is 3. The van der Waals surface area contributed by atoms with Gasteiger partial charge in [0.05, 0.1) is 22.7 Å². The van der Waals surface area contributed by atoms with Gasteiger partial charge < -0.3 is 5.32 Å². The topological polar surface area (TPSA) is 140 Å². The van der Waals surface area contributed by atoms with Gasteiger partial charge in [0, 0.05) is 12.1 Å². The predicted molar refractivity (Wildman–Crippen MR) is 64.3 cm³/mol. The van der Waals surface area contributed by atoms with E-state index < -0.39 is 10.6 Å². The number of nitrogens with zero attached hydrogens (tertiary/aromatic N) is 3. The fourth-order valence-electron chi connectivity index (χ4n) is 1.46. The maximum Gasteiger partial charge on any atom is 0.340 e. The summed E-state index contributed by atoms with van der Waals surface area (Å²) in [5, 5.41) is 28.3. The lowest BCUT2D eigenvalue weighted by molar-refractivity contribution is -0.384. The first kappa shape index (κ1) is 12.3. The Labute approximate surface area is 106 Å². The lowest BCUT2D eigenvalue weighted by atomic mass is 10.1. The maximum absolute atomic E-state index is 10.8. The highest BCUT2D eigenvalue weighted by atomic mass is 16.6. The molecule has 0 atom stereocenters. The minimum atomic E-state index is -0.574. The molecule has 0 spiro atoms. The number of nitrogens with one attached hydrogen (secondary N) is 3. The molecule has 3 N–H and O–H groups in total. The van der Waals surface area contributed by atoms with E-state index in [0.717, 1.165) is 0 Å². The maximum atomic E-state index is 10.8. The standard InChI is InChI=1S/C10H8N6O3/c11-4-6-3-7(16(18)19)1-2-8(6)12-5-9-13-10(17)15-14-9/h1-3,12H,5H2,(H2,13,14,15,17). The van der Waals surface area contributed by atoms with Crippen molar-refractivity contribution in [3.8, 4) is 6.07 Å². The second-order valence-electron chi connectivity index (χ2n) is 3.58. The van der Waals surface area contributed by atoms with Crippen LogP contribution in [-0.2, 0) is 6.54 Å². The van der Waals surface area contributed by atoms with Crippen LogP contribution in [0.15, 0.2) is 23.0 Å². The van der Waals surface area contributed by atoms with Crippen LogP contribution in [0, 0.1) is 21.4 Å². The summed E-state index contributed by atoms with van der Waals surface area (Å²) in [4.78, 5) is 23.3. The van der Waals surface area contributed by atoms with Gasteiger partial charge in [-0.1, -0.05) is 0 Å². The van der Waals surface area contributed by atoms with Crippen LogP contribution in [0.5, 0.6) is 0 Å². The van der Waals surface area contributed by atoms with E-state index in [0.29, 0.717) is 11.5 Å². The molecule has 0 aliphatic heterocycles. The molecule has 0 fully saturated rings. The van der Waals surface area contributed by atoms with Crippen molar-refractivity contribution >= 4 is 11.4 Å². The second kappa shape index (κ2) is 5.01. The summed E-state index contributed by atoms with van der Waals surface area (Å²) >= 11 is 0. The van der Waals surface area contributed by atoms with Crippen molar-refractivity contribution in [1.29, 1.82) is 5.26 Å². The van der Waals surface area contributed by atoms with Gasteiger partial charge in [-0.3, -0.25) is 15.1 Å². The molecule has 1 heterocycles. The molecule has 2 rings (SSSR count). The molecule has 9 heteroatoms. The zero-order valence-electron chi connectivity index (χ0n) is 9.51. The van der Waals surface area contributed by atoms with Crippen LogP contribution in [0.1, 0.15) is 11.4 Å². The van der Waals surface area contributed by atoms with Crippen LogP contribution >= 0.6 is 0 Å². The third kappa shape index (κ3) is 2.75. The van der Waals surface area contributed by atoms with Gasteiger partial charge in [0.2, 0.25) is 0 Å². The molecular formula is C10H8N6O3. The van der Waals surface area contributed by atoms with Gasteiger partial charge in [-0.25, -0.2) is 9.89 Å². The molecule has 2 aromatic rings. The number of hydrogen-bond acceptors (Lipinski definition) is 6. The second-order valence-corrected chi connectivity index (χ2v) is 3.58. The number of benzene rings is 1. The molecule has 0 saturated heterocycles. The number of non-ortho nitro benzene ring substituents is 1. The van der Waals surface area contributed by atoms with E-state index in [1.165, 1.54) is 18.2 Å². The molecule has 19 heavy (non-hydrogen) atoms. The number of nitro groups is 1. The molecule has 0 unspecified atom stereocenters. The molecule has 0 saturated carbocycles. The van der Waals surface area contributed by atoms with Crippen molar-refractivity contribution in [2.75, 3.05) is 5.32 Å². The Bertz CT molecular complexity index is 711. The zero-order chi connectivity index (χ0) is 13.8. The monoisotopic (exact) mass is 260 g/mol. The summed E-state index contributed by atoms with van der Waals surface area (Å²) in [6, 6.07) is 5.76. The van der Waals surface area contributed by atoms with Crippen molar-refractivity contribution in [2.45, 2.75) is 6.54 Å². The van der Waals surface area contributed by atoms with Crippen molar-refractivity contribution in [1.82, 2.24) is 15.2 Å². The minimum absolute atomic E-state index is 0.145. The smallest absolute Gasteiger partial charge is 0.340 e. The predicted octanol–water partition coefficient (Wildman–Crippen LogP) is 0.490. The van der Waals surface area contributed by atoms with E-state index in [2.05, 4.69) is 20.5 Å². The van der Waals surface area contributed by atoms with Gasteiger partial charge >= 0.3 is 5.69 Å². The largest absolute Gasteiger partial charge is 0.377 e. The Morgan fingerprint density at radius 1 is 1.53 bits per heavy atom. The Kier molecular flexibility index (Phi) is 3.24. The van der Waals surface area contributed by atoms with E-state index in [9.17, 15) is 14.9 Å². The van der Waals surface area contributed by atoms with Crippen LogP contribution in [0.4, 0.5) is 11.4 Å². The number of aromatic nitrogens is 3. The first-order valence-corrected chi connectivity index (χ1v) is 5.16. The number of H-pyrrole nitrogens is 2. The normalized spacial score (nSPS) is 9.84. The molecule has 96 valence electrons.